The van der Waals surface area contributed by atoms with Gasteiger partial charge in [-0.3, -0.25) is 0 Å². The first-order valence-corrected chi connectivity index (χ1v) is 5.11. The molecular weight excluding hydrogens is 184 g/mol. The monoisotopic (exact) mass is 196 g/mol. The zero-order chi connectivity index (χ0) is 10.3. The van der Waals surface area contributed by atoms with Crippen LogP contribution in [0.3, 0.4) is 0 Å². The summed E-state index contributed by atoms with van der Waals surface area (Å²) in [5, 5.41) is 0. The van der Waals surface area contributed by atoms with Crippen LogP contribution in [0.2, 0.25) is 0 Å². The number of rotatable bonds is 0. The van der Waals surface area contributed by atoms with Crippen molar-refractivity contribution < 1.29 is 0 Å². The summed E-state index contributed by atoms with van der Waals surface area (Å²) >= 11 is 0. The van der Waals surface area contributed by atoms with Gasteiger partial charge in [-0.05, 0) is 18.2 Å². The summed E-state index contributed by atoms with van der Waals surface area (Å²) in [5.74, 6) is 0. The summed E-state index contributed by atoms with van der Waals surface area (Å²) in [5.41, 5.74) is 3.39. The minimum absolute atomic E-state index is 0.296. The smallest absolute Gasteiger partial charge is 0.0898 e. The Bertz CT molecular complexity index is 483. The predicted molar refractivity (Wildman–Crippen MR) is 64.0 cm³/mol. The molecule has 1 atom stereocenters. The highest BCUT2D eigenvalue weighted by Gasteiger charge is 2.24. The van der Waals surface area contributed by atoms with Gasteiger partial charge in [-0.2, -0.15) is 0 Å². The molecule has 3 rings (SSSR count). The number of hydrogen-bond acceptors (Lipinski definition) is 2. The lowest BCUT2D eigenvalue weighted by Gasteiger charge is -2.33. The highest BCUT2D eigenvalue weighted by molar-refractivity contribution is 6.08. The molecule has 0 spiro atoms. The van der Waals surface area contributed by atoms with Crippen molar-refractivity contribution in [1.82, 2.24) is 0 Å². The van der Waals surface area contributed by atoms with E-state index in [0.717, 1.165) is 11.4 Å². The number of aliphatic imine (C=N–C) groups is 1. The topological polar surface area (TPSA) is 15.6 Å². The molecule has 2 aliphatic rings. The Morgan fingerprint density at radius 2 is 2.07 bits per heavy atom. The lowest BCUT2D eigenvalue weighted by atomic mass is 10.0. The minimum Gasteiger partial charge on any atom is -0.361 e. The number of benzene rings is 1. The van der Waals surface area contributed by atoms with E-state index in [1.54, 1.807) is 0 Å². The van der Waals surface area contributed by atoms with Crippen LogP contribution in [0, 0.1) is 0 Å². The first-order valence-electron chi connectivity index (χ1n) is 5.11. The summed E-state index contributed by atoms with van der Waals surface area (Å²) in [6.45, 7) is 0. The molecule has 0 bridgehead atoms. The summed E-state index contributed by atoms with van der Waals surface area (Å²) in [7, 11) is 2.11. The van der Waals surface area contributed by atoms with Crippen molar-refractivity contribution in [2.75, 3.05) is 11.9 Å². The van der Waals surface area contributed by atoms with Gasteiger partial charge < -0.3 is 4.90 Å². The van der Waals surface area contributed by atoms with Gasteiger partial charge in [-0.15, -0.1) is 0 Å². The van der Waals surface area contributed by atoms with Gasteiger partial charge in [0.2, 0.25) is 0 Å². The summed E-state index contributed by atoms with van der Waals surface area (Å²) < 4.78 is 0. The van der Waals surface area contributed by atoms with Crippen LogP contribution in [-0.2, 0) is 0 Å². The maximum atomic E-state index is 4.65. The Morgan fingerprint density at radius 1 is 1.20 bits per heavy atom. The molecule has 1 aromatic rings. The largest absolute Gasteiger partial charge is 0.361 e. The Hall–Kier alpha value is -1.83. The van der Waals surface area contributed by atoms with E-state index in [0.29, 0.717) is 6.04 Å². The van der Waals surface area contributed by atoms with Crippen molar-refractivity contribution >= 4 is 17.1 Å². The molecule has 2 heteroatoms. The third-order valence-corrected chi connectivity index (χ3v) is 2.90. The van der Waals surface area contributed by atoms with Crippen molar-refractivity contribution in [3.05, 3.63) is 48.6 Å². The van der Waals surface area contributed by atoms with E-state index >= 15 is 0 Å². The molecule has 1 unspecified atom stereocenters. The molecule has 0 aromatic heterocycles. The van der Waals surface area contributed by atoms with Crippen molar-refractivity contribution in [3.63, 3.8) is 0 Å². The van der Waals surface area contributed by atoms with Crippen molar-refractivity contribution in [1.29, 1.82) is 0 Å². The molecule has 15 heavy (non-hydrogen) atoms. The van der Waals surface area contributed by atoms with Crippen LogP contribution in [0.25, 0.3) is 0 Å². The predicted octanol–water partition coefficient (Wildman–Crippen LogP) is 2.70. The summed E-state index contributed by atoms with van der Waals surface area (Å²) in [4.78, 5) is 6.92. The molecule has 0 radical (unpaired) electrons. The second kappa shape index (κ2) is 3.09. The molecule has 0 saturated carbocycles. The van der Waals surface area contributed by atoms with Crippen LogP contribution in [-0.4, -0.2) is 18.8 Å². The average Bonchev–Trinajstić information content (AvgIpc) is 2.30. The SMILES string of the molecule is CN1c2ccccc2N=C2C=CC=CC21. The maximum Gasteiger partial charge on any atom is 0.0898 e. The fourth-order valence-corrected chi connectivity index (χ4v) is 2.10. The van der Waals surface area contributed by atoms with Gasteiger partial charge in [0.15, 0.2) is 0 Å². The Labute approximate surface area is 89.3 Å². The number of fused-ring (bicyclic) bond motifs is 2. The van der Waals surface area contributed by atoms with E-state index in [4.69, 9.17) is 0 Å². The van der Waals surface area contributed by atoms with E-state index in [-0.39, 0.29) is 0 Å². The zero-order valence-electron chi connectivity index (χ0n) is 8.59. The summed E-state index contributed by atoms with van der Waals surface area (Å²) in [6.07, 6.45) is 8.37. The fourth-order valence-electron chi connectivity index (χ4n) is 2.10. The van der Waals surface area contributed by atoms with Crippen LogP contribution in [0.5, 0.6) is 0 Å². The molecule has 0 saturated heterocycles. The van der Waals surface area contributed by atoms with E-state index in [1.807, 2.05) is 12.1 Å². The Morgan fingerprint density at radius 3 is 3.00 bits per heavy atom. The molecule has 1 aliphatic heterocycles. The van der Waals surface area contributed by atoms with Crippen LogP contribution in [0.15, 0.2) is 53.6 Å². The third-order valence-electron chi connectivity index (χ3n) is 2.90. The van der Waals surface area contributed by atoms with Crippen LogP contribution in [0.1, 0.15) is 0 Å². The van der Waals surface area contributed by atoms with Crippen LogP contribution >= 0.6 is 0 Å². The number of allylic oxidation sites excluding steroid dienone is 2. The zero-order valence-corrected chi connectivity index (χ0v) is 8.59. The average molecular weight is 196 g/mol. The molecule has 1 aromatic carbocycles. The van der Waals surface area contributed by atoms with E-state index in [9.17, 15) is 0 Å². The number of anilines is 1. The van der Waals surface area contributed by atoms with Crippen molar-refractivity contribution in [2.24, 2.45) is 4.99 Å². The van der Waals surface area contributed by atoms with Gasteiger partial charge in [0.1, 0.15) is 0 Å². The molecule has 2 nitrogen and oxygen atoms in total. The molecule has 74 valence electrons. The van der Waals surface area contributed by atoms with E-state index in [1.165, 1.54) is 5.69 Å². The molecular formula is C13H12N2. The normalized spacial score (nSPS) is 22.1. The lowest BCUT2D eigenvalue weighted by molar-refractivity contribution is 0.912. The molecule has 0 fully saturated rings. The number of likely N-dealkylation sites (N-methyl/N-ethyl adjacent to an activating group) is 1. The third kappa shape index (κ3) is 1.22. The number of para-hydroxylation sites is 2. The fraction of sp³-hybridized carbons (Fsp3) is 0.154. The van der Waals surface area contributed by atoms with Gasteiger partial charge in [-0.25, -0.2) is 4.99 Å². The van der Waals surface area contributed by atoms with Crippen LogP contribution in [0.4, 0.5) is 11.4 Å². The van der Waals surface area contributed by atoms with Crippen molar-refractivity contribution in [3.8, 4) is 0 Å². The second-order valence-electron chi connectivity index (χ2n) is 3.83. The molecule has 1 heterocycles. The maximum absolute atomic E-state index is 4.65. The van der Waals surface area contributed by atoms with Gasteiger partial charge in [0, 0.05) is 7.05 Å². The number of hydrogen-bond donors (Lipinski definition) is 0. The number of nitrogens with zero attached hydrogens (tertiary/aromatic N) is 2. The molecule has 1 aliphatic carbocycles. The van der Waals surface area contributed by atoms with Crippen LogP contribution < -0.4 is 4.90 Å². The van der Waals surface area contributed by atoms with Gasteiger partial charge >= 0.3 is 0 Å². The highest BCUT2D eigenvalue weighted by atomic mass is 15.2. The molecule has 0 amide bonds. The van der Waals surface area contributed by atoms with Gasteiger partial charge in [-0.1, -0.05) is 30.4 Å². The van der Waals surface area contributed by atoms with E-state index in [2.05, 4.69) is 53.4 Å². The molecule has 0 N–H and O–H groups in total. The van der Waals surface area contributed by atoms with Gasteiger partial charge in [0.05, 0.1) is 23.1 Å². The minimum atomic E-state index is 0.296. The van der Waals surface area contributed by atoms with Gasteiger partial charge in [0.25, 0.3) is 0 Å². The highest BCUT2D eigenvalue weighted by Crippen LogP contribution is 2.34. The lowest BCUT2D eigenvalue weighted by Crippen LogP contribution is -2.39. The Kier molecular flexibility index (Phi) is 1.75. The first-order chi connectivity index (χ1) is 7.36. The Balaban J connectivity index is 2.19. The quantitative estimate of drug-likeness (QED) is 0.623. The van der Waals surface area contributed by atoms with Crippen molar-refractivity contribution in [2.45, 2.75) is 6.04 Å². The standard InChI is InChI=1S/C13H12N2/c1-15-12-8-4-2-6-10(12)14-11-7-3-5-9-13(11)15/h2-9,12H,1H3. The first kappa shape index (κ1) is 8.48. The summed E-state index contributed by atoms with van der Waals surface area (Å²) in [6, 6.07) is 8.55. The van der Waals surface area contributed by atoms with E-state index < -0.39 is 0 Å². The second-order valence-corrected chi connectivity index (χ2v) is 3.83.